The lowest BCUT2D eigenvalue weighted by Crippen LogP contribution is -2.31. The molecule has 104 valence electrons. The summed E-state index contributed by atoms with van der Waals surface area (Å²) in [5.74, 6) is 0.506. The van der Waals surface area contributed by atoms with Crippen molar-refractivity contribution in [3.05, 3.63) is 29.8 Å². The molecule has 19 heavy (non-hydrogen) atoms. The molecule has 2 N–H and O–H groups in total. The summed E-state index contributed by atoms with van der Waals surface area (Å²) in [5.41, 5.74) is 1.03. The zero-order valence-corrected chi connectivity index (χ0v) is 11.3. The number of hydrogen-bond donors (Lipinski definition) is 2. The summed E-state index contributed by atoms with van der Waals surface area (Å²) in [6.45, 7) is 1.94. The first-order valence-electron chi connectivity index (χ1n) is 6.77. The maximum Gasteiger partial charge on any atom is 0.303 e. The van der Waals surface area contributed by atoms with Crippen LogP contribution in [0.5, 0.6) is 5.75 Å². The lowest BCUT2D eigenvalue weighted by atomic mass is 9.78. The van der Waals surface area contributed by atoms with Crippen molar-refractivity contribution in [1.82, 2.24) is 5.32 Å². The van der Waals surface area contributed by atoms with E-state index in [2.05, 4.69) is 5.32 Å². The average Bonchev–Trinajstić information content (AvgIpc) is 2.45. The van der Waals surface area contributed by atoms with Crippen molar-refractivity contribution in [3.8, 4) is 5.75 Å². The van der Waals surface area contributed by atoms with Crippen LogP contribution in [0.15, 0.2) is 24.3 Å². The van der Waals surface area contributed by atoms with Crippen molar-refractivity contribution in [2.45, 2.75) is 25.2 Å². The van der Waals surface area contributed by atoms with Gasteiger partial charge in [-0.25, -0.2) is 0 Å². The number of ether oxygens (including phenoxy) is 1. The molecule has 1 heterocycles. The van der Waals surface area contributed by atoms with Crippen LogP contribution >= 0.6 is 0 Å². The molecule has 0 bridgehead atoms. The molecule has 1 saturated heterocycles. The van der Waals surface area contributed by atoms with Gasteiger partial charge in [0.1, 0.15) is 5.75 Å². The largest absolute Gasteiger partial charge is 0.496 e. The molecule has 4 heteroatoms. The van der Waals surface area contributed by atoms with Crippen molar-refractivity contribution in [1.29, 1.82) is 0 Å². The molecule has 0 amide bonds. The number of piperidine rings is 1. The van der Waals surface area contributed by atoms with Crippen molar-refractivity contribution in [3.63, 3.8) is 0 Å². The standard InChI is InChI=1S/C15H21NO3/c1-19-14-5-3-2-4-12(14)13(10-15(17)18)11-6-8-16-9-7-11/h2-5,11,13,16H,6-10H2,1H3,(H,17,18). The summed E-state index contributed by atoms with van der Waals surface area (Å²) in [6, 6.07) is 7.77. The number of para-hydroxylation sites is 1. The number of rotatable bonds is 5. The summed E-state index contributed by atoms with van der Waals surface area (Å²) in [6.07, 6.45) is 2.22. The van der Waals surface area contributed by atoms with E-state index in [1.807, 2.05) is 24.3 Å². The maximum atomic E-state index is 11.2. The number of carboxylic acid groups (broad SMARTS) is 1. The number of benzene rings is 1. The average molecular weight is 263 g/mol. The molecule has 0 radical (unpaired) electrons. The highest BCUT2D eigenvalue weighted by Crippen LogP contribution is 2.38. The first kappa shape index (κ1) is 13.9. The van der Waals surface area contributed by atoms with E-state index in [4.69, 9.17) is 4.74 Å². The summed E-state index contributed by atoms with van der Waals surface area (Å²) in [5, 5.41) is 12.5. The van der Waals surface area contributed by atoms with Gasteiger partial charge in [-0.05, 0) is 43.5 Å². The topological polar surface area (TPSA) is 58.6 Å². The van der Waals surface area contributed by atoms with Crippen molar-refractivity contribution in [2.24, 2.45) is 5.92 Å². The quantitative estimate of drug-likeness (QED) is 0.855. The Morgan fingerprint density at radius 2 is 2.11 bits per heavy atom. The van der Waals surface area contributed by atoms with Crippen LogP contribution in [0.3, 0.4) is 0 Å². The zero-order valence-electron chi connectivity index (χ0n) is 11.3. The molecule has 1 aromatic carbocycles. The molecule has 4 nitrogen and oxygen atoms in total. The van der Waals surface area contributed by atoms with E-state index in [1.165, 1.54) is 0 Å². The van der Waals surface area contributed by atoms with E-state index < -0.39 is 5.97 Å². The number of methoxy groups -OCH3 is 1. The maximum absolute atomic E-state index is 11.2. The van der Waals surface area contributed by atoms with E-state index in [0.717, 1.165) is 37.2 Å². The molecule has 1 aromatic rings. The molecule has 1 aliphatic rings. The summed E-state index contributed by atoms with van der Waals surface area (Å²) in [4.78, 5) is 11.2. The van der Waals surface area contributed by atoms with Crippen LogP contribution in [-0.4, -0.2) is 31.3 Å². The molecule has 0 aliphatic carbocycles. The molecule has 1 atom stereocenters. The normalized spacial score (nSPS) is 17.9. The second-order valence-electron chi connectivity index (χ2n) is 5.03. The molecule has 2 rings (SSSR count). The van der Waals surface area contributed by atoms with Gasteiger partial charge in [0.05, 0.1) is 13.5 Å². The van der Waals surface area contributed by atoms with Crippen LogP contribution in [0.2, 0.25) is 0 Å². The van der Waals surface area contributed by atoms with Crippen LogP contribution in [0.4, 0.5) is 0 Å². The Kier molecular flexibility index (Phi) is 4.80. The Hall–Kier alpha value is -1.55. The molecule has 1 fully saturated rings. The minimum absolute atomic E-state index is 0.0377. The van der Waals surface area contributed by atoms with E-state index in [-0.39, 0.29) is 12.3 Å². The van der Waals surface area contributed by atoms with Gasteiger partial charge in [0, 0.05) is 5.92 Å². The predicted molar refractivity (Wildman–Crippen MR) is 73.6 cm³/mol. The van der Waals surface area contributed by atoms with Gasteiger partial charge in [-0.3, -0.25) is 4.79 Å². The van der Waals surface area contributed by atoms with Gasteiger partial charge in [-0.15, -0.1) is 0 Å². The second kappa shape index (κ2) is 6.57. The number of hydrogen-bond acceptors (Lipinski definition) is 3. The third-order valence-corrected chi connectivity index (χ3v) is 3.89. The second-order valence-corrected chi connectivity index (χ2v) is 5.03. The predicted octanol–water partition coefficient (Wildman–Crippen LogP) is 2.25. The van der Waals surface area contributed by atoms with Crippen LogP contribution in [0, 0.1) is 5.92 Å². The van der Waals surface area contributed by atoms with Crippen LogP contribution in [-0.2, 0) is 4.79 Å². The summed E-state index contributed by atoms with van der Waals surface area (Å²) < 4.78 is 5.39. The minimum atomic E-state index is -0.741. The summed E-state index contributed by atoms with van der Waals surface area (Å²) in [7, 11) is 1.64. The highest BCUT2D eigenvalue weighted by molar-refractivity contribution is 5.68. The molecular weight excluding hydrogens is 242 g/mol. The molecular formula is C15H21NO3. The number of aliphatic carboxylic acids is 1. The van der Waals surface area contributed by atoms with Gasteiger partial charge in [0.2, 0.25) is 0 Å². The van der Waals surface area contributed by atoms with Gasteiger partial charge < -0.3 is 15.2 Å². The fourth-order valence-corrected chi connectivity index (χ4v) is 2.94. The Morgan fingerprint density at radius 1 is 1.42 bits per heavy atom. The zero-order chi connectivity index (χ0) is 13.7. The Balaban J connectivity index is 2.27. The Bertz CT molecular complexity index is 427. The molecule has 1 aliphatic heterocycles. The van der Waals surface area contributed by atoms with Crippen molar-refractivity contribution >= 4 is 5.97 Å². The fourth-order valence-electron chi connectivity index (χ4n) is 2.94. The van der Waals surface area contributed by atoms with Gasteiger partial charge in [-0.1, -0.05) is 18.2 Å². The van der Waals surface area contributed by atoms with E-state index in [1.54, 1.807) is 7.11 Å². The van der Waals surface area contributed by atoms with Gasteiger partial charge in [0.25, 0.3) is 0 Å². The molecule has 0 aromatic heterocycles. The van der Waals surface area contributed by atoms with Crippen molar-refractivity contribution in [2.75, 3.05) is 20.2 Å². The number of carboxylic acids is 1. The summed E-state index contributed by atoms with van der Waals surface area (Å²) >= 11 is 0. The smallest absolute Gasteiger partial charge is 0.303 e. The highest BCUT2D eigenvalue weighted by atomic mass is 16.5. The van der Waals surface area contributed by atoms with Crippen LogP contribution in [0.1, 0.15) is 30.7 Å². The molecule has 1 unspecified atom stereocenters. The Morgan fingerprint density at radius 3 is 2.74 bits per heavy atom. The van der Waals surface area contributed by atoms with Gasteiger partial charge in [-0.2, -0.15) is 0 Å². The van der Waals surface area contributed by atoms with Crippen LogP contribution in [0.25, 0.3) is 0 Å². The van der Waals surface area contributed by atoms with Crippen molar-refractivity contribution < 1.29 is 14.6 Å². The SMILES string of the molecule is COc1ccccc1C(CC(=O)O)C1CCNCC1. The number of carbonyl (C=O) groups is 1. The van der Waals surface area contributed by atoms with E-state index >= 15 is 0 Å². The fraction of sp³-hybridized carbons (Fsp3) is 0.533. The highest BCUT2D eigenvalue weighted by Gasteiger charge is 2.28. The number of nitrogens with one attached hydrogen (secondary N) is 1. The lowest BCUT2D eigenvalue weighted by Gasteiger charge is -2.31. The Labute approximate surface area is 113 Å². The first-order valence-corrected chi connectivity index (χ1v) is 6.77. The third kappa shape index (κ3) is 3.47. The third-order valence-electron chi connectivity index (χ3n) is 3.89. The lowest BCUT2D eigenvalue weighted by molar-refractivity contribution is -0.137. The van der Waals surface area contributed by atoms with Gasteiger partial charge in [0.15, 0.2) is 0 Å². The molecule has 0 saturated carbocycles. The van der Waals surface area contributed by atoms with E-state index in [0.29, 0.717) is 5.92 Å². The minimum Gasteiger partial charge on any atom is -0.496 e. The monoisotopic (exact) mass is 263 g/mol. The first-order chi connectivity index (χ1) is 9.22. The molecule has 0 spiro atoms. The van der Waals surface area contributed by atoms with Crippen LogP contribution < -0.4 is 10.1 Å². The van der Waals surface area contributed by atoms with Gasteiger partial charge >= 0.3 is 5.97 Å². The van der Waals surface area contributed by atoms with E-state index in [9.17, 15) is 9.90 Å².